The molecule has 0 radical (unpaired) electrons. The van der Waals surface area contributed by atoms with Gasteiger partial charge in [-0.1, -0.05) is 27.2 Å². The van der Waals surface area contributed by atoms with E-state index in [1.807, 2.05) is 0 Å². The minimum Gasteiger partial charge on any atom is -0.300 e. The summed E-state index contributed by atoms with van der Waals surface area (Å²) in [6.45, 7) is 9.52. The standard InChI is InChI=1S/C13H26ClN/c1-13(2,3)8-11-15-10-5-4-6-12(15)7-9-14/h12H,4-11H2,1-3H3. The monoisotopic (exact) mass is 231 g/mol. The lowest BCUT2D eigenvalue weighted by molar-refractivity contribution is 0.127. The fraction of sp³-hybridized carbons (Fsp3) is 1.00. The molecule has 1 nitrogen and oxygen atoms in total. The molecule has 0 aromatic rings. The average Bonchev–Trinajstić information content (AvgIpc) is 2.16. The number of hydrogen-bond acceptors (Lipinski definition) is 1. The predicted octanol–water partition coefficient (Wildman–Crippen LogP) is 3.91. The minimum absolute atomic E-state index is 0.461. The maximum Gasteiger partial charge on any atom is 0.0238 e. The van der Waals surface area contributed by atoms with E-state index < -0.39 is 0 Å². The Labute approximate surface area is 100 Å². The average molecular weight is 232 g/mol. The van der Waals surface area contributed by atoms with E-state index in [-0.39, 0.29) is 0 Å². The zero-order valence-corrected chi connectivity index (χ0v) is 11.3. The molecule has 0 bridgehead atoms. The summed E-state index contributed by atoms with van der Waals surface area (Å²) in [6, 6.07) is 0.763. The van der Waals surface area contributed by atoms with Crippen molar-refractivity contribution in [2.75, 3.05) is 19.0 Å². The predicted molar refractivity (Wildman–Crippen MR) is 68.6 cm³/mol. The fourth-order valence-corrected chi connectivity index (χ4v) is 2.54. The highest BCUT2D eigenvalue weighted by Crippen LogP contribution is 2.24. The second-order valence-corrected chi connectivity index (χ2v) is 6.35. The number of nitrogens with zero attached hydrogens (tertiary/aromatic N) is 1. The number of rotatable bonds is 4. The number of halogens is 1. The minimum atomic E-state index is 0.461. The Kier molecular flexibility index (Phi) is 5.42. The van der Waals surface area contributed by atoms with Crippen molar-refractivity contribution in [3.05, 3.63) is 0 Å². The molecule has 0 spiro atoms. The van der Waals surface area contributed by atoms with E-state index in [1.54, 1.807) is 0 Å². The first kappa shape index (κ1) is 13.3. The van der Waals surface area contributed by atoms with Crippen LogP contribution in [-0.4, -0.2) is 29.9 Å². The van der Waals surface area contributed by atoms with E-state index in [9.17, 15) is 0 Å². The van der Waals surface area contributed by atoms with Gasteiger partial charge in [-0.15, -0.1) is 11.6 Å². The molecule has 1 saturated heterocycles. The van der Waals surface area contributed by atoms with Crippen LogP contribution >= 0.6 is 11.6 Å². The molecule has 0 saturated carbocycles. The van der Waals surface area contributed by atoms with Gasteiger partial charge in [0.1, 0.15) is 0 Å². The van der Waals surface area contributed by atoms with Gasteiger partial charge in [-0.2, -0.15) is 0 Å². The fourth-order valence-electron chi connectivity index (χ4n) is 2.29. The lowest BCUT2D eigenvalue weighted by Crippen LogP contribution is -2.41. The van der Waals surface area contributed by atoms with Crippen LogP contribution in [0.25, 0.3) is 0 Å². The molecule has 0 aromatic carbocycles. The Morgan fingerprint density at radius 2 is 2.00 bits per heavy atom. The van der Waals surface area contributed by atoms with E-state index in [0.717, 1.165) is 11.9 Å². The summed E-state index contributed by atoms with van der Waals surface area (Å²) in [4.78, 5) is 2.66. The summed E-state index contributed by atoms with van der Waals surface area (Å²) < 4.78 is 0. The molecule has 0 N–H and O–H groups in total. The Morgan fingerprint density at radius 3 is 2.60 bits per heavy atom. The van der Waals surface area contributed by atoms with Crippen LogP contribution in [0.15, 0.2) is 0 Å². The van der Waals surface area contributed by atoms with Crippen LogP contribution in [0.5, 0.6) is 0 Å². The molecule has 2 heteroatoms. The Bertz CT molecular complexity index is 172. The van der Waals surface area contributed by atoms with Gasteiger partial charge in [-0.3, -0.25) is 0 Å². The van der Waals surface area contributed by atoms with Gasteiger partial charge in [0.2, 0.25) is 0 Å². The number of hydrogen-bond donors (Lipinski definition) is 0. The third-order valence-corrected chi connectivity index (χ3v) is 3.56. The molecular formula is C13H26ClN. The van der Waals surface area contributed by atoms with Crippen molar-refractivity contribution in [2.24, 2.45) is 5.41 Å². The van der Waals surface area contributed by atoms with Gasteiger partial charge >= 0.3 is 0 Å². The van der Waals surface area contributed by atoms with Crippen molar-refractivity contribution >= 4 is 11.6 Å². The molecule has 1 fully saturated rings. The zero-order chi connectivity index (χ0) is 11.3. The van der Waals surface area contributed by atoms with Crippen LogP contribution in [0.4, 0.5) is 0 Å². The smallest absolute Gasteiger partial charge is 0.0238 e. The third kappa shape index (κ3) is 5.21. The van der Waals surface area contributed by atoms with Gasteiger partial charge in [0.25, 0.3) is 0 Å². The zero-order valence-electron chi connectivity index (χ0n) is 10.6. The number of likely N-dealkylation sites (tertiary alicyclic amines) is 1. The molecule has 0 aliphatic carbocycles. The maximum atomic E-state index is 5.86. The summed E-state index contributed by atoms with van der Waals surface area (Å²) in [5.74, 6) is 0.816. The van der Waals surface area contributed by atoms with Crippen LogP contribution in [0.2, 0.25) is 0 Å². The van der Waals surface area contributed by atoms with Gasteiger partial charge in [0, 0.05) is 11.9 Å². The Hall–Kier alpha value is 0.250. The lowest BCUT2D eigenvalue weighted by atomic mass is 9.90. The number of piperidine rings is 1. The van der Waals surface area contributed by atoms with E-state index in [4.69, 9.17) is 11.6 Å². The first-order valence-corrected chi connectivity index (χ1v) is 6.86. The van der Waals surface area contributed by atoms with E-state index in [1.165, 1.54) is 45.2 Å². The maximum absolute atomic E-state index is 5.86. The van der Waals surface area contributed by atoms with Crippen molar-refractivity contribution < 1.29 is 0 Å². The topological polar surface area (TPSA) is 3.24 Å². The lowest BCUT2D eigenvalue weighted by Gasteiger charge is -2.37. The Morgan fingerprint density at radius 1 is 1.27 bits per heavy atom. The summed E-state index contributed by atoms with van der Waals surface area (Å²) in [7, 11) is 0. The van der Waals surface area contributed by atoms with Crippen LogP contribution in [0, 0.1) is 5.41 Å². The molecule has 1 atom stereocenters. The molecule has 1 unspecified atom stereocenters. The normalized spacial score (nSPS) is 24.4. The summed E-state index contributed by atoms with van der Waals surface area (Å²) in [5.41, 5.74) is 0.461. The molecule has 15 heavy (non-hydrogen) atoms. The van der Waals surface area contributed by atoms with Crippen molar-refractivity contribution in [1.82, 2.24) is 4.90 Å². The largest absolute Gasteiger partial charge is 0.300 e. The molecule has 90 valence electrons. The molecule has 1 aliphatic heterocycles. The quantitative estimate of drug-likeness (QED) is 0.664. The molecular weight excluding hydrogens is 206 g/mol. The van der Waals surface area contributed by atoms with Gasteiger partial charge in [0.15, 0.2) is 0 Å². The van der Waals surface area contributed by atoms with Crippen LogP contribution in [-0.2, 0) is 0 Å². The van der Waals surface area contributed by atoms with Gasteiger partial charge in [0.05, 0.1) is 0 Å². The van der Waals surface area contributed by atoms with Crippen molar-refractivity contribution in [1.29, 1.82) is 0 Å². The summed E-state index contributed by atoms with van der Waals surface area (Å²) in [6.07, 6.45) is 6.60. The molecule has 0 aromatic heterocycles. The molecule has 1 heterocycles. The van der Waals surface area contributed by atoms with Gasteiger partial charge < -0.3 is 4.90 Å². The van der Waals surface area contributed by atoms with Crippen LogP contribution in [0.3, 0.4) is 0 Å². The van der Waals surface area contributed by atoms with Gasteiger partial charge in [-0.25, -0.2) is 0 Å². The first-order valence-electron chi connectivity index (χ1n) is 6.33. The third-order valence-electron chi connectivity index (χ3n) is 3.34. The van der Waals surface area contributed by atoms with E-state index in [2.05, 4.69) is 25.7 Å². The highest BCUT2D eigenvalue weighted by Gasteiger charge is 2.22. The van der Waals surface area contributed by atoms with Crippen molar-refractivity contribution in [3.63, 3.8) is 0 Å². The highest BCUT2D eigenvalue weighted by molar-refractivity contribution is 6.17. The Balaban J connectivity index is 2.35. The van der Waals surface area contributed by atoms with Gasteiger partial charge in [-0.05, 0) is 44.2 Å². The molecule has 1 aliphatic rings. The SMILES string of the molecule is CC(C)(C)CCN1CCCCC1CCCl. The van der Waals surface area contributed by atoms with Crippen molar-refractivity contribution in [2.45, 2.75) is 58.9 Å². The molecule has 1 rings (SSSR count). The van der Waals surface area contributed by atoms with Crippen molar-refractivity contribution in [3.8, 4) is 0 Å². The first-order chi connectivity index (χ1) is 7.03. The molecule has 0 amide bonds. The van der Waals surface area contributed by atoms with E-state index >= 15 is 0 Å². The van der Waals surface area contributed by atoms with Crippen LogP contribution < -0.4 is 0 Å². The second kappa shape index (κ2) is 6.10. The summed E-state index contributed by atoms with van der Waals surface area (Å²) in [5, 5.41) is 0. The van der Waals surface area contributed by atoms with Crippen LogP contribution in [0.1, 0.15) is 52.9 Å². The van der Waals surface area contributed by atoms with E-state index in [0.29, 0.717) is 5.41 Å². The second-order valence-electron chi connectivity index (χ2n) is 5.97. The highest BCUT2D eigenvalue weighted by atomic mass is 35.5. The summed E-state index contributed by atoms with van der Waals surface area (Å²) >= 11 is 5.86. The number of alkyl halides is 1.